The maximum absolute atomic E-state index is 9.51. The first-order valence-electron chi connectivity index (χ1n) is 7.55. The highest BCUT2D eigenvalue weighted by Gasteiger charge is 2.27. The Balaban J connectivity index is 2.70. The zero-order valence-corrected chi connectivity index (χ0v) is 13.9. The first-order chi connectivity index (χ1) is 9.14. The summed E-state index contributed by atoms with van der Waals surface area (Å²) in [5.74, 6) is 0.827. The molecule has 0 bridgehead atoms. The minimum Gasteiger partial charge on any atom is -0.491 e. The van der Waals surface area contributed by atoms with E-state index in [1.165, 1.54) is 5.56 Å². The fourth-order valence-electron chi connectivity index (χ4n) is 2.74. The van der Waals surface area contributed by atoms with E-state index >= 15 is 0 Å². The molecule has 1 atom stereocenters. The molecular formula is C18H30O2. The van der Waals surface area contributed by atoms with Gasteiger partial charge < -0.3 is 9.84 Å². The Morgan fingerprint density at radius 1 is 1.05 bits per heavy atom. The van der Waals surface area contributed by atoms with Crippen LogP contribution in [0.15, 0.2) is 24.3 Å². The maximum atomic E-state index is 9.51. The zero-order valence-electron chi connectivity index (χ0n) is 13.9. The Kier molecular flexibility index (Phi) is 5.64. The third-order valence-electron chi connectivity index (χ3n) is 3.52. The molecule has 0 spiro atoms. The Hall–Kier alpha value is -1.02. The van der Waals surface area contributed by atoms with E-state index in [9.17, 15) is 5.11 Å². The molecule has 0 saturated carbocycles. The second kappa shape index (κ2) is 6.62. The quantitative estimate of drug-likeness (QED) is 0.827. The van der Waals surface area contributed by atoms with Crippen LogP contribution in [-0.2, 0) is 5.41 Å². The molecule has 1 aromatic rings. The lowest BCUT2D eigenvalue weighted by atomic mass is 9.72. The van der Waals surface area contributed by atoms with Crippen LogP contribution in [0, 0.1) is 5.41 Å². The van der Waals surface area contributed by atoms with Gasteiger partial charge in [0.1, 0.15) is 12.4 Å². The topological polar surface area (TPSA) is 29.5 Å². The normalized spacial score (nSPS) is 14.2. The van der Waals surface area contributed by atoms with Crippen LogP contribution in [-0.4, -0.2) is 17.8 Å². The van der Waals surface area contributed by atoms with E-state index in [0.717, 1.165) is 18.6 Å². The van der Waals surface area contributed by atoms with E-state index in [-0.39, 0.29) is 11.5 Å². The van der Waals surface area contributed by atoms with Crippen LogP contribution >= 0.6 is 0 Å². The predicted molar refractivity (Wildman–Crippen MR) is 85.3 cm³/mol. The Morgan fingerprint density at radius 3 is 2.05 bits per heavy atom. The van der Waals surface area contributed by atoms with E-state index < -0.39 is 0 Å². The number of aliphatic hydroxyl groups excluding tert-OH is 1. The van der Waals surface area contributed by atoms with Gasteiger partial charge in [0, 0.05) is 0 Å². The van der Waals surface area contributed by atoms with Crippen molar-refractivity contribution in [1.82, 2.24) is 0 Å². The Bertz CT molecular complexity index is 398. The molecule has 0 amide bonds. The summed E-state index contributed by atoms with van der Waals surface area (Å²) in [6, 6.07) is 8.28. The summed E-state index contributed by atoms with van der Waals surface area (Å²) in [6.45, 7) is 13.7. The summed E-state index contributed by atoms with van der Waals surface area (Å²) < 4.78 is 5.58. The predicted octanol–water partition coefficient (Wildman–Crippen LogP) is 4.55. The van der Waals surface area contributed by atoms with Gasteiger partial charge in [-0.3, -0.25) is 0 Å². The number of benzene rings is 1. The average Bonchev–Trinajstić information content (AvgIpc) is 2.33. The summed E-state index contributed by atoms with van der Waals surface area (Å²) in [5, 5.41) is 9.51. The highest BCUT2D eigenvalue weighted by molar-refractivity contribution is 5.31. The largest absolute Gasteiger partial charge is 0.491 e. The molecule has 1 N–H and O–H groups in total. The Labute approximate surface area is 124 Å². The fraction of sp³-hybridized carbons (Fsp3) is 0.667. The molecule has 0 radical (unpaired) electrons. The molecule has 0 aliphatic rings. The second-order valence-corrected chi connectivity index (χ2v) is 7.52. The summed E-state index contributed by atoms with van der Waals surface area (Å²) in [7, 11) is 0. The molecule has 2 heteroatoms. The third kappa shape index (κ3) is 5.54. The Morgan fingerprint density at radius 2 is 1.60 bits per heavy atom. The molecule has 0 aromatic heterocycles. The lowest BCUT2D eigenvalue weighted by molar-refractivity contribution is 0.104. The average molecular weight is 278 g/mol. The molecule has 0 aliphatic carbocycles. The van der Waals surface area contributed by atoms with Gasteiger partial charge in [0.05, 0.1) is 6.10 Å². The van der Waals surface area contributed by atoms with Crippen LogP contribution in [0.4, 0.5) is 0 Å². The lowest BCUT2D eigenvalue weighted by Crippen LogP contribution is -2.24. The monoisotopic (exact) mass is 278 g/mol. The molecule has 20 heavy (non-hydrogen) atoms. The van der Waals surface area contributed by atoms with Crippen LogP contribution in [0.1, 0.15) is 59.9 Å². The third-order valence-corrected chi connectivity index (χ3v) is 3.52. The fourth-order valence-corrected chi connectivity index (χ4v) is 2.74. The maximum Gasteiger partial charge on any atom is 0.119 e. The van der Waals surface area contributed by atoms with Gasteiger partial charge in [-0.2, -0.15) is 0 Å². The van der Waals surface area contributed by atoms with E-state index in [0.29, 0.717) is 12.0 Å². The van der Waals surface area contributed by atoms with E-state index in [2.05, 4.69) is 46.8 Å². The molecule has 114 valence electrons. The standard InChI is InChI=1S/C18H30O2/c1-7-15(19)12-20-16-10-8-14(9-11-16)18(5,6)13-17(2,3)4/h8-11,15,19H,7,12-13H2,1-6H3. The van der Waals surface area contributed by atoms with Gasteiger partial charge in [0.15, 0.2) is 0 Å². The summed E-state index contributed by atoms with van der Waals surface area (Å²) in [4.78, 5) is 0. The first kappa shape index (κ1) is 17.0. The van der Waals surface area contributed by atoms with Crippen LogP contribution in [0.25, 0.3) is 0 Å². The summed E-state index contributed by atoms with van der Waals surface area (Å²) in [6.07, 6.45) is 1.47. The van der Waals surface area contributed by atoms with Crippen LogP contribution in [0.5, 0.6) is 5.75 Å². The van der Waals surface area contributed by atoms with Crippen molar-refractivity contribution in [1.29, 1.82) is 0 Å². The molecule has 2 nitrogen and oxygen atoms in total. The van der Waals surface area contributed by atoms with Gasteiger partial charge in [0.2, 0.25) is 0 Å². The minimum atomic E-state index is -0.382. The number of hydrogen-bond donors (Lipinski definition) is 1. The van der Waals surface area contributed by atoms with E-state index in [4.69, 9.17) is 4.74 Å². The number of hydrogen-bond acceptors (Lipinski definition) is 2. The summed E-state index contributed by atoms with van der Waals surface area (Å²) in [5.41, 5.74) is 1.79. The molecule has 0 saturated heterocycles. The second-order valence-electron chi connectivity index (χ2n) is 7.52. The number of rotatable bonds is 6. The van der Waals surface area contributed by atoms with Crippen molar-refractivity contribution < 1.29 is 9.84 Å². The van der Waals surface area contributed by atoms with Gasteiger partial charge in [-0.1, -0.05) is 53.7 Å². The molecule has 1 aromatic carbocycles. The van der Waals surface area contributed by atoms with Gasteiger partial charge in [-0.05, 0) is 41.4 Å². The molecular weight excluding hydrogens is 248 g/mol. The van der Waals surface area contributed by atoms with Crippen molar-refractivity contribution in [2.45, 2.75) is 65.9 Å². The van der Waals surface area contributed by atoms with Gasteiger partial charge in [-0.15, -0.1) is 0 Å². The first-order valence-corrected chi connectivity index (χ1v) is 7.55. The highest BCUT2D eigenvalue weighted by Crippen LogP contribution is 2.36. The van der Waals surface area contributed by atoms with E-state index in [1.54, 1.807) is 0 Å². The molecule has 0 aliphatic heterocycles. The molecule has 0 heterocycles. The number of aliphatic hydroxyl groups is 1. The van der Waals surface area contributed by atoms with Crippen molar-refractivity contribution >= 4 is 0 Å². The van der Waals surface area contributed by atoms with Gasteiger partial charge in [-0.25, -0.2) is 0 Å². The van der Waals surface area contributed by atoms with Gasteiger partial charge >= 0.3 is 0 Å². The van der Waals surface area contributed by atoms with Crippen molar-refractivity contribution in [3.05, 3.63) is 29.8 Å². The van der Waals surface area contributed by atoms with Crippen LogP contribution in [0.2, 0.25) is 0 Å². The lowest BCUT2D eigenvalue weighted by Gasteiger charge is -2.33. The van der Waals surface area contributed by atoms with Crippen molar-refractivity contribution in [3.63, 3.8) is 0 Å². The smallest absolute Gasteiger partial charge is 0.119 e. The van der Waals surface area contributed by atoms with Crippen molar-refractivity contribution in [2.24, 2.45) is 5.41 Å². The molecule has 1 rings (SSSR count). The van der Waals surface area contributed by atoms with Gasteiger partial charge in [0.25, 0.3) is 0 Å². The molecule has 0 fully saturated rings. The SMILES string of the molecule is CCC(O)COc1ccc(C(C)(C)CC(C)(C)C)cc1. The number of ether oxygens (including phenoxy) is 1. The summed E-state index contributed by atoms with van der Waals surface area (Å²) >= 11 is 0. The molecule has 1 unspecified atom stereocenters. The van der Waals surface area contributed by atoms with Crippen LogP contribution in [0.3, 0.4) is 0 Å². The van der Waals surface area contributed by atoms with Crippen LogP contribution < -0.4 is 4.74 Å². The zero-order chi connectivity index (χ0) is 15.4. The minimum absolute atomic E-state index is 0.152. The van der Waals surface area contributed by atoms with Crippen molar-refractivity contribution in [3.8, 4) is 5.75 Å². The highest BCUT2D eigenvalue weighted by atomic mass is 16.5. The van der Waals surface area contributed by atoms with E-state index in [1.807, 2.05) is 19.1 Å². The van der Waals surface area contributed by atoms with Crippen molar-refractivity contribution in [2.75, 3.05) is 6.61 Å².